The van der Waals surface area contributed by atoms with Gasteiger partial charge >= 0.3 is 0 Å². The fourth-order valence-electron chi connectivity index (χ4n) is 2.53. The number of halogens is 1. The minimum absolute atomic E-state index is 0.207. The van der Waals surface area contributed by atoms with Gasteiger partial charge in [0.2, 0.25) is 0 Å². The van der Waals surface area contributed by atoms with Crippen LogP contribution >= 0.6 is 11.6 Å². The first-order chi connectivity index (χ1) is 12.5. The Balaban J connectivity index is 1.67. The van der Waals surface area contributed by atoms with Crippen molar-refractivity contribution in [3.8, 4) is 0 Å². The van der Waals surface area contributed by atoms with Gasteiger partial charge in [0.15, 0.2) is 0 Å². The Kier molecular flexibility index (Phi) is 5.54. The van der Waals surface area contributed by atoms with Crippen LogP contribution in [-0.2, 0) is 6.54 Å². The fraction of sp³-hybridized carbons (Fsp3) is 0.143. The first kappa shape index (κ1) is 18.0. The Morgan fingerprint density at radius 2 is 1.81 bits per heavy atom. The number of aromatic nitrogens is 1. The highest BCUT2D eigenvalue weighted by molar-refractivity contribution is 6.30. The van der Waals surface area contributed by atoms with Gasteiger partial charge in [0.1, 0.15) is 0 Å². The molecule has 2 aromatic carbocycles. The van der Waals surface area contributed by atoms with Crippen molar-refractivity contribution in [2.75, 3.05) is 10.6 Å². The molecule has 5 heteroatoms. The van der Waals surface area contributed by atoms with Gasteiger partial charge in [0.05, 0.1) is 11.3 Å². The van der Waals surface area contributed by atoms with Gasteiger partial charge in [-0.05, 0) is 49.2 Å². The molecule has 26 heavy (non-hydrogen) atoms. The van der Waals surface area contributed by atoms with Gasteiger partial charge in [-0.1, -0.05) is 41.4 Å². The average molecular weight is 366 g/mol. The topological polar surface area (TPSA) is 54.0 Å². The summed E-state index contributed by atoms with van der Waals surface area (Å²) in [6, 6.07) is 15.5. The summed E-state index contributed by atoms with van der Waals surface area (Å²) in [5.41, 5.74) is 5.33. The molecule has 0 atom stereocenters. The second-order valence-electron chi connectivity index (χ2n) is 6.21. The molecule has 4 nitrogen and oxygen atoms in total. The third kappa shape index (κ3) is 4.61. The molecule has 0 fully saturated rings. The molecule has 0 aliphatic heterocycles. The number of carbonyl (C=O) groups excluding carboxylic acids is 1. The van der Waals surface area contributed by atoms with E-state index in [1.165, 1.54) is 11.1 Å². The van der Waals surface area contributed by atoms with Crippen molar-refractivity contribution in [1.29, 1.82) is 0 Å². The first-order valence-corrected chi connectivity index (χ1v) is 8.71. The average Bonchev–Trinajstić information content (AvgIpc) is 2.64. The molecule has 1 aromatic heterocycles. The van der Waals surface area contributed by atoms with Crippen LogP contribution in [0.15, 0.2) is 60.9 Å². The van der Waals surface area contributed by atoms with Gasteiger partial charge in [0, 0.05) is 29.6 Å². The van der Waals surface area contributed by atoms with Crippen LogP contribution in [0.3, 0.4) is 0 Å². The quantitative estimate of drug-likeness (QED) is 0.652. The number of nitrogens with zero attached hydrogens (tertiary/aromatic N) is 1. The van der Waals surface area contributed by atoms with Gasteiger partial charge in [-0.3, -0.25) is 9.78 Å². The van der Waals surface area contributed by atoms with Crippen molar-refractivity contribution in [3.05, 3.63) is 88.2 Å². The summed E-state index contributed by atoms with van der Waals surface area (Å²) in [5.74, 6) is -0.207. The summed E-state index contributed by atoms with van der Waals surface area (Å²) in [4.78, 5) is 16.7. The molecule has 0 saturated carbocycles. The van der Waals surface area contributed by atoms with E-state index in [0.29, 0.717) is 17.1 Å². The maximum atomic E-state index is 12.5. The lowest BCUT2D eigenvalue weighted by molar-refractivity contribution is 0.102. The molecular weight excluding hydrogens is 346 g/mol. The molecule has 0 aliphatic carbocycles. The Morgan fingerprint density at radius 1 is 1.04 bits per heavy atom. The molecule has 0 aliphatic rings. The summed E-state index contributed by atoms with van der Waals surface area (Å²) >= 11 is 5.95. The predicted octanol–water partition coefficient (Wildman–Crippen LogP) is 5.22. The Bertz CT molecular complexity index is 923. The molecular formula is C21H20ClN3O. The first-order valence-electron chi connectivity index (χ1n) is 8.33. The lowest BCUT2D eigenvalue weighted by Crippen LogP contribution is -2.13. The van der Waals surface area contributed by atoms with Crippen molar-refractivity contribution < 1.29 is 4.79 Å². The molecule has 0 bridgehead atoms. The fourth-order valence-corrected chi connectivity index (χ4v) is 2.76. The molecule has 2 N–H and O–H groups in total. The zero-order valence-electron chi connectivity index (χ0n) is 14.7. The van der Waals surface area contributed by atoms with E-state index < -0.39 is 0 Å². The van der Waals surface area contributed by atoms with E-state index >= 15 is 0 Å². The third-order valence-electron chi connectivity index (χ3n) is 4.05. The van der Waals surface area contributed by atoms with Crippen molar-refractivity contribution in [3.63, 3.8) is 0 Å². The number of aryl methyl sites for hydroxylation is 2. The van der Waals surface area contributed by atoms with E-state index in [2.05, 4.69) is 46.8 Å². The largest absolute Gasteiger partial charge is 0.380 e. The molecule has 0 radical (unpaired) electrons. The Hall–Kier alpha value is -2.85. The molecule has 0 unspecified atom stereocenters. The number of hydrogen-bond acceptors (Lipinski definition) is 3. The molecule has 0 saturated heterocycles. The number of benzene rings is 2. The van der Waals surface area contributed by atoms with E-state index in [4.69, 9.17) is 11.6 Å². The maximum absolute atomic E-state index is 12.5. The zero-order chi connectivity index (χ0) is 18.5. The minimum atomic E-state index is -0.207. The van der Waals surface area contributed by atoms with Gasteiger partial charge < -0.3 is 10.6 Å². The van der Waals surface area contributed by atoms with E-state index in [0.717, 1.165) is 16.9 Å². The number of hydrogen-bond donors (Lipinski definition) is 2. The van der Waals surface area contributed by atoms with Crippen molar-refractivity contribution >= 4 is 28.9 Å². The molecule has 1 heterocycles. The van der Waals surface area contributed by atoms with Crippen LogP contribution in [0.25, 0.3) is 0 Å². The predicted molar refractivity (Wildman–Crippen MR) is 107 cm³/mol. The van der Waals surface area contributed by atoms with Crippen molar-refractivity contribution in [1.82, 2.24) is 4.98 Å². The van der Waals surface area contributed by atoms with Gasteiger partial charge in [-0.2, -0.15) is 0 Å². The summed E-state index contributed by atoms with van der Waals surface area (Å²) in [6.07, 6.45) is 3.26. The van der Waals surface area contributed by atoms with Crippen LogP contribution in [0.1, 0.15) is 27.0 Å². The van der Waals surface area contributed by atoms with Crippen LogP contribution in [0.5, 0.6) is 0 Å². The molecule has 3 rings (SSSR count). The maximum Gasteiger partial charge on any atom is 0.257 e. The second-order valence-corrected chi connectivity index (χ2v) is 6.65. The lowest BCUT2D eigenvalue weighted by Gasteiger charge is -2.10. The summed E-state index contributed by atoms with van der Waals surface area (Å²) in [7, 11) is 0. The second kappa shape index (κ2) is 8.02. The van der Waals surface area contributed by atoms with E-state index in [1.807, 2.05) is 13.0 Å². The van der Waals surface area contributed by atoms with Crippen LogP contribution in [0, 0.1) is 13.8 Å². The SMILES string of the molecule is Cc1ccc(CNc2cncc(C(=O)Nc3ccc(Cl)cc3C)c2)cc1. The molecule has 1 amide bonds. The van der Waals surface area contributed by atoms with Gasteiger partial charge in [-0.15, -0.1) is 0 Å². The van der Waals surface area contributed by atoms with Gasteiger partial charge in [-0.25, -0.2) is 0 Å². The van der Waals surface area contributed by atoms with Crippen LogP contribution in [0.4, 0.5) is 11.4 Å². The molecule has 3 aromatic rings. The monoisotopic (exact) mass is 365 g/mol. The van der Waals surface area contributed by atoms with Crippen LogP contribution < -0.4 is 10.6 Å². The number of anilines is 2. The van der Waals surface area contributed by atoms with Gasteiger partial charge in [0.25, 0.3) is 5.91 Å². The summed E-state index contributed by atoms with van der Waals surface area (Å²) in [5, 5.41) is 6.84. The highest BCUT2D eigenvalue weighted by Gasteiger charge is 2.09. The van der Waals surface area contributed by atoms with Crippen molar-refractivity contribution in [2.24, 2.45) is 0 Å². The summed E-state index contributed by atoms with van der Waals surface area (Å²) in [6.45, 7) is 4.63. The Labute approximate surface area is 158 Å². The number of pyridine rings is 1. The molecule has 132 valence electrons. The summed E-state index contributed by atoms with van der Waals surface area (Å²) < 4.78 is 0. The number of amides is 1. The minimum Gasteiger partial charge on any atom is -0.380 e. The third-order valence-corrected chi connectivity index (χ3v) is 4.29. The van der Waals surface area contributed by atoms with Crippen LogP contribution in [-0.4, -0.2) is 10.9 Å². The molecule has 0 spiro atoms. The highest BCUT2D eigenvalue weighted by atomic mass is 35.5. The van der Waals surface area contributed by atoms with Crippen molar-refractivity contribution in [2.45, 2.75) is 20.4 Å². The highest BCUT2D eigenvalue weighted by Crippen LogP contribution is 2.20. The van der Waals surface area contributed by atoms with E-state index in [-0.39, 0.29) is 5.91 Å². The van der Waals surface area contributed by atoms with Crippen LogP contribution in [0.2, 0.25) is 5.02 Å². The normalized spacial score (nSPS) is 10.4. The standard InChI is InChI=1S/C21H20ClN3O/c1-14-3-5-16(6-4-14)11-24-19-10-17(12-23-13-19)21(26)25-20-8-7-18(22)9-15(20)2/h3-10,12-13,24H,11H2,1-2H3,(H,25,26). The van der Waals surface area contributed by atoms with E-state index in [9.17, 15) is 4.79 Å². The Morgan fingerprint density at radius 3 is 2.54 bits per heavy atom. The number of nitrogens with one attached hydrogen (secondary N) is 2. The van der Waals surface area contributed by atoms with E-state index in [1.54, 1.807) is 30.6 Å². The zero-order valence-corrected chi connectivity index (χ0v) is 15.5. The smallest absolute Gasteiger partial charge is 0.257 e. The lowest BCUT2D eigenvalue weighted by atomic mass is 10.1. The number of carbonyl (C=O) groups is 1. The number of rotatable bonds is 5.